The molecule has 12 nitrogen and oxygen atoms in total. The van der Waals surface area contributed by atoms with Crippen molar-refractivity contribution in [3.63, 3.8) is 0 Å². The lowest BCUT2D eigenvalue weighted by molar-refractivity contribution is 0.0611. The molecule has 2 fully saturated rings. The molecule has 0 spiro atoms. The third-order valence-electron chi connectivity index (χ3n) is 5.65. The SMILES string of the molecule is c1coc(CN[C@H]2CO[C@H]3[C@@H]2OC[C@@H]3n2nnnc2Oc2ccc(-n3cncn3)cc2)c1. The maximum Gasteiger partial charge on any atom is 0.341 e. The van der Waals surface area contributed by atoms with E-state index in [-0.39, 0.29) is 30.3 Å². The lowest BCUT2D eigenvalue weighted by Crippen LogP contribution is -2.40. The number of hydrogen-bond donors (Lipinski definition) is 1. The number of rotatable bonds is 7. The average molecular weight is 436 g/mol. The molecule has 32 heavy (non-hydrogen) atoms. The minimum atomic E-state index is -0.185. The van der Waals surface area contributed by atoms with Crippen molar-refractivity contribution in [3.8, 4) is 17.4 Å². The molecule has 0 saturated carbocycles. The normalized spacial score (nSPS) is 24.6. The van der Waals surface area contributed by atoms with Crippen LogP contribution in [0.5, 0.6) is 11.8 Å². The topological polar surface area (TPSA) is 127 Å². The first-order valence-electron chi connectivity index (χ1n) is 10.2. The van der Waals surface area contributed by atoms with Crippen molar-refractivity contribution in [2.75, 3.05) is 13.2 Å². The van der Waals surface area contributed by atoms with E-state index in [1.807, 2.05) is 36.4 Å². The zero-order chi connectivity index (χ0) is 21.3. The molecule has 0 bridgehead atoms. The fourth-order valence-corrected chi connectivity index (χ4v) is 4.08. The van der Waals surface area contributed by atoms with Crippen LogP contribution in [0.3, 0.4) is 0 Å². The van der Waals surface area contributed by atoms with E-state index in [0.29, 0.717) is 25.5 Å². The summed E-state index contributed by atoms with van der Waals surface area (Å²) in [6.45, 7) is 1.58. The minimum absolute atomic E-state index is 0.0558. The van der Waals surface area contributed by atoms with Crippen LogP contribution in [0.25, 0.3) is 5.69 Å². The van der Waals surface area contributed by atoms with E-state index in [0.717, 1.165) is 11.4 Å². The fraction of sp³-hybridized carbons (Fsp3) is 0.350. The van der Waals surface area contributed by atoms with Gasteiger partial charge < -0.3 is 23.9 Å². The summed E-state index contributed by atoms with van der Waals surface area (Å²) >= 11 is 0. The Hall–Kier alpha value is -3.61. The van der Waals surface area contributed by atoms with Crippen molar-refractivity contribution in [2.45, 2.75) is 30.8 Å². The Balaban J connectivity index is 1.13. The second-order valence-corrected chi connectivity index (χ2v) is 7.57. The van der Waals surface area contributed by atoms with E-state index in [2.05, 4.69) is 30.9 Å². The van der Waals surface area contributed by atoms with Crippen LogP contribution in [0, 0.1) is 0 Å². The molecule has 0 aliphatic carbocycles. The summed E-state index contributed by atoms with van der Waals surface area (Å²) in [6, 6.07) is 11.4. The summed E-state index contributed by atoms with van der Waals surface area (Å²) in [7, 11) is 0. The molecular weight excluding hydrogens is 416 g/mol. The Morgan fingerprint density at radius 1 is 1.09 bits per heavy atom. The summed E-state index contributed by atoms with van der Waals surface area (Å²) in [5.41, 5.74) is 0.869. The Morgan fingerprint density at radius 3 is 2.81 bits per heavy atom. The third-order valence-corrected chi connectivity index (χ3v) is 5.65. The van der Waals surface area contributed by atoms with Gasteiger partial charge in [-0.1, -0.05) is 5.10 Å². The molecule has 6 rings (SSSR count). The van der Waals surface area contributed by atoms with Gasteiger partial charge in [0.25, 0.3) is 0 Å². The van der Waals surface area contributed by atoms with Crippen LogP contribution in [0.1, 0.15) is 11.8 Å². The molecule has 12 heteroatoms. The van der Waals surface area contributed by atoms with Crippen molar-refractivity contribution in [3.05, 3.63) is 61.1 Å². The highest BCUT2D eigenvalue weighted by Gasteiger charge is 2.49. The lowest BCUT2D eigenvalue weighted by atomic mass is 10.1. The van der Waals surface area contributed by atoms with E-state index in [9.17, 15) is 0 Å². The van der Waals surface area contributed by atoms with Gasteiger partial charge in [0, 0.05) is 0 Å². The number of nitrogens with one attached hydrogen (secondary N) is 1. The standard InChI is InChI=1S/C20H20N8O4/c1-2-15(29-7-1)8-22-16-9-30-19-17(10-31-18(16)19)28-20(24-25-26-28)32-14-5-3-13(4-6-14)27-12-21-11-23-27/h1-7,11-12,16-19,22H,8-10H2/t16-,17-,18+,19+/m0/s1. The van der Waals surface area contributed by atoms with Gasteiger partial charge in [0.2, 0.25) is 0 Å². The highest BCUT2D eigenvalue weighted by Crippen LogP contribution is 2.36. The van der Waals surface area contributed by atoms with Crippen LogP contribution in [-0.4, -0.2) is 66.4 Å². The number of fused-ring (bicyclic) bond motifs is 1. The van der Waals surface area contributed by atoms with E-state index < -0.39 is 0 Å². The van der Waals surface area contributed by atoms with Crippen molar-refractivity contribution < 1.29 is 18.6 Å². The van der Waals surface area contributed by atoms with Gasteiger partial charge in [-0.15, -0.1) is 0 Å². The molecule has 0 radical (unpaired) electrons. The molecule has 164 valence electrons. The van der Waals surface area contributed by atoms with Crippen LogP contribution in [0.4, 0.5) is 0 Å². The molecular formula is C20H20N8O4. The van der Waals surface area contributed by atoms with Crippen molar-refractivity contribution in [2.24, 2.45) is 0 Å². The first-order valence-corrected chi connectivity index (χ1v) is 10.2. The van der Waals surface area contributed by atoms with Crippen molar-refractivity contribution in [1.82, 2.24) is 40.3 Å². The smallest absolute Gasteiger partial charge is 0.341 e. The molecule has 4 atom stereocenters. The number of benzene rings is 1. The molecule has 2 saturated heterocycles. The first-order chi connectivity index (χ1) is 15.8. The molecule has 5 heterocycles. The summed E-state index contributed by atoms with van der Waals surface area (Å²) < 4.78 is 26.7. The van der Waals surface area contributed by atoms with Crippen LogP contribution < -0.4 is 10.1 Å². The number of furan rings is 1. The van der Waals surface area contributed by atoms with Gasteiger partial charge in [0.05, 0.1) is 37.8 Å². The molecule has 2 aliphatic rings. The Labute approximate surface area is 182 Å². The van der Waals surface area contributed by atoms with Crippen LogP contribution >= 0.6 is 0 Å². The Kier molecular flexibility index (Phi) is 4.86. The summed E-state index contributed by atoms with van der Waals surface area (Å²) in [5, 5.41) is 19.5. The molecule has 2 aliphatic heterocycles. The maximum absolute atomic E-state index is 6.05. The highest BCUT2D eigenvalue weighted by molar-refractivity contribution is 5.37. The monoisotopic (exact) mass is 436 g/mol. The maximum atomic E-state index is 6.05. The van der Waals surface area contributed by atoms with E-state index in [4.69, 9.17) is 18.6 Å². The minimum Gasteiger partial charge on any atom is -0.468 e. The zero-order valence-corrected chi connectivity index (χ0v) is 16.9. The van der Waals surface area contributed by atoms with Gasteiger partial charge in [-0.05, 0) is 46.8 Å². The molecule has 1 aromatic carbocycles. The summed E-state index contributed by atoms with van der Waals surface area (Å²) in [6.07, 6.45) is 4.50. The molecule has 0 unspecified atom stereocenters. The number of aromatic nitrogens is 7. The quantitative estimate of drug-likeness (QED) is 0.450. The van der Waals surface area contributed by atoms with Gasteiger partial charge >= 0.3 is 6.01 Å². The molecule has 1 N–H and O–H groups in total. The Morgan fingerprint density at radius 2 is 2.00 bits per heavy atom. The number of hydrogen-bond acceptors (Lipinski definition) is 10. The van der Waals surface area contributed by atoms with E-state index in [1.54, 1.807) is 22.0 Å². The van der Waals surface area contributed by atoms with Gasteiger partial charge in [-0.25, -0.2) is 9.67 Å². The first kappa shape index (κ1) is 19.1. The van der Waals surface area contributed by atoms with Crippen molar-refractivity contribution in [1.29, 1.82) is 0 Å². The third kappa shape index (κ3) is 3.53. The predicted molar refractivity (Wildman–Crippen MR) is 107 cm³/mol. The highest BCUT2D eigenvalue weighted by atomic mass is 16.6. The molecule has 3 aromatic heterocycles. The van der Waals surface area contributed by atoms with Gasteiger partial charge in [-0.2, -0.15) is 9.78 Å². The zero-order valence-electron chi connectivity index (χ0n) is 16.9. The van der Waals surface area contributed by atoms with E-state index in [1.165, 1.54) is 6.33 Å². The average Bonchev–Trinajstić information content (AvgIpc) is 3.63. The van der Waals surface area contributed by atoms with E-state index >= 15 is 0 Å². The van der Waals surface area contributed by atoms with Gasteiger partial charge in [0.1, 0.15) is 42.4 Å². The summed E-state index contributed by atoms with van der Waals surface area (Å²) in [5.74, 6) is 1.47. The Bertz CT molecular complexity index is 1140. The molecule has 4 aromatic rings. The van der Waals surface area contributed by atoms with Crippen LogP contribution in [-0.2, 0) is 16.0 Å². The summed E-state index contributed by atoms with van der Waals surface area (Å²) in [4.78, 5) is 3.95. The largest absolute Gasteiger partial charge is 0.468 e. The fourth-order valence-electron chi connectivity index (χ4n) is 4.08. The lowest BCUT2D eigenvalue weighted by Gasteiger charge is -2.17. The molecule has 0 amide bonds. The number of nitrogens with zero attached hydrogens (tertiary/aromatic N) is 7. The van der Waals surface area contributed by atoms with Crippen molar-refractivity contribution >= 4 is 0 Å². The van der Waals surface area contributed by atoms with Gasteiger partial charge in [0.15, 0.2) is 0 Å². The predicted octanol–water partition coefficient (Wildman–Crippen LogP) is 1.14. The van der Waals surface area contributed by atoms with Crippen LogP contribution in [0.2, 0.25) is 0 Å². The van der Waals surface area contributed by atoms with Crippen LogP contribution in [0.15, 0.2) is 59.7 Å². The number of ether oxygens (including phenoxy) is 3. The second-order valence-electron chi connectivity index (χ2n) is 7.57. The van der Waals surface area contributed by atoms with Gasteiger partial charge in [-0.3, -0.25) is 0 Å². The second kappa shape index (κ2) is 8.15. The number of tetrazole rings is 1.